The van der Waals surface area contributed by atoms with E-state index in [2.05, 4.69) is 5.32 Å². The first kappa shape index (κ1) is 12.9. The Morgan fingerprint density at radius 2 is 2.07 bits per heavy atom. The number of aliphatic hydroxyl groups excluding tert-OH is 1. The molecule has 0 radical (unpaired) electrons. The summed E-state index contributed by atoms with van der Waals surface area (Å²) in [5.41, 5.74) is 0. The van der Waals surface area contributed by atoms with E-state index in [9.17, 15) is 8.42 Å². The molecule has 0 heterocycles. The first-order chi connectivity index (χ1) is 7.03. The van der Waals surface area contributed by atoms with Crippen LogP contribution in [0.25, 0.3) is 0 Å². The van der Waals surface area contributed by atoms with Crippen molar-refractivity contribution in [1.29, 1.82) is 0 Å². The van der Waals surface area contributed by atoms with Gasteiger partial charge in [-0.2, -0.15) is 0 Å². The van der Waals surface area contributed by atoms with E-state index in [0.29, 0.717) is 12.3 Å². The van der Waals surface area contributed by atoms with E-state index in [-0.39, 0.29) is 17.6 Å². The molecule has 0 unspecified atom stereocenters. The molecule has 0 spiro atoms. The van der Waals surface area contributed by atoms with Gasteiger partial charge in [0.05, 0.1) is 11.9 Å². The molecule has 1 fully saturated rings. The van der Waals surface area contributed by atoms with Crippen LogP contribution >= 0.6 is 0 Å². The number of sulfone groups is 1. The predicted octanol–water partition coefficient (Wildman–Crippen LogP) is 0.172. The zero-order valence-corrected chi connectivity index (χ0v) is 10.1. The van der Waals surface area contributed by atoms with Crippen molar-refractivity contribution in [2.45, 2.75) is 32.3 Å². The summed E-state index contributed by atoms with van der Waals surface area (Å²) in [5.74, 6) is 1.11. The molecule has 0 atom stereocenters. The van der Waals surface area contributed by atoms with Crippen LogP contribution in [0.4, 0.5) is 0 Å². The summed E-state index contributed by atoms with van der Waals surface area (Å²) in [6, 6.07) is 0. The fraction of sp³-hybridized carbons (Fsp3) is 1.00. The molecule has 15 heavy (non-hydrogen) atoms. The third-order valence-electron chi connectivity index (χ3n) is 2.89. The largest absolute Gasteiger partial charge is 0.393 e. The van der Waals surface area contributed by atoms with E-state index in [1.165, 1.54) is 0 Å². The Balaban J connectivity index is 1.94. The zero-order chi connectivity index (χ0) is 11.3. The lowest BCUT2D eigenvalue weighted by molar-refractivity contribution is 0.0432. The molecule has 4 nitrogen and oxygen atoms in total. The van der Waals surface area contributed by atoms with Gasteiger partial charge in [0.1, 0.15) is 9.84 Å². The lowest BCUT2D eigenvalue weighted by Crippen LogP contribution is -2.36. The van der Waals surface area contributed by atoms with Gasteiger partial charge in [-0.1, -0.05) is 6.92 Å². The van der Waals surface area contributed by atoms with Gasteiger partial charge in [0.2, 0.25) is 0 Å². The molecule has 0 aromatic rings. The first-order valence-electron chi connectivity index (χ1n) is 5.62. The van der Waals surface area contributed by atoms with Gasteiger partial charge in [-0.15, -0.1) is 0 Å². The lowest BCUT2D eigenvalue weighted by Gasteiger charge is -2.31. The molecule has 90 valence electrons. The second kappa shape index (κ2) is 5.82. The number of hydrogen-bond acceptors (Lipinski definition) is 4. The van der Waals surface area contributed by atoms with Crippen LogP contribution < -0.4 is 5.32 Å². The second-order valence-electron chi connectivity index (χ2n) is 4.29. The summed E-state index contributed by atoms with van der Waals surface area (Å²) in [6.45, 7) is 3.34. The maximum atomic E-state index is 11.1. The highest BCUT2D eigenvalue weighted by Crippen LogP contribution is 2.25. The fourth-order valence-corrected chi connectivity index (χ4v) is 2.61. The molecule has 0 aliphatic heterocycles. The summed E-state index contributed by atoms with van der Waals surface area (Å²) in [6.07, 6.45) is 2.36. The lowest BCUT2D eigenvalue weighted by atomic mass is 9.82. The molecule has 2 N–H and O–H groups in total. The second-order valence-corrected chi connectivity index (χ2v) is 6.76. The molecule has 1 rings (SSSR count). The molecular formula is C10H21NO3S. The van der Waals surface area contributed by atoms with Gasteiger partial charge in [0, 0.05) is 5.75 Å². The molecule has 0 bridgehead atoms. The van der Waals surface area contributed by atoms with Crippen molar-refractivity contribution in [3.05, 3.63) is 0 Å². The molecule has 0 aromatic heterocycles. The average molecular weight is 235 g/mol. The van der Waals surface area contributed by atoms with Crippen LogP contribution in [0, 0.1) is 5.92 Å². The van der Waals surface area contributed by atoms with Crippen molar-refractivity contribution >= 4 is 9.84 Å². The van der Waals surface area contributed by atoms with Crippen LogP contribution in [0.3, 0.4) is 0 Å². The predicted molar refractivity (Wildman–Crippen MR) is 60.5 cm³/mol. The Morgan fingerprint density at radius 1 is 1.40 bits per heavy atom. The molecule has 0 amide bonds. The van der Waals surface area contributed by atoms with Crippen molar-refractivity contribution in [3.8, 4) is 0 Å². The van der Waals surface area contributed by atoms with Crippen LogP contribution in [0.5, 0.6) is 0 Å². The van der Waals surface area contributed by atoms with E-state index in [0.717, 1.165) is 25.9 Å². The monoisotopic (exact) mass is 235 g/mol. The summed E-state index contributed by atoms with van der Waals surface area (Å²) < 4.78 is 22.3. The number of rotatable bonds is 7. The highest BCUT2D eigenvalue weighted by molar-refractivity contribution is 7.91. The summed E-state index contributed by atoms with van der Waals surface area (Å²) >= 11 is 0. The van der Waals surface area contributed by atoms with E-state index < -0.39 is 9.84 Å². The van der Waals surface area contributed by atoms with Crippen molar-refractivity contribution in [2.75, 3.05) is 24.6 Å². The van der Waals surface area contributed by atoms with Crippen molar-refractivity contribution in [3.63, 3.8) is 0 Å². The third kappa shape index (κ3) is 4.95. The fourth-order valence-electron chi connectivity index (χ4n) is 1.73. The standard InChI is InChI=1S/C10H21NO3S/c1-2-15(13,14)5-3-4-11-8-9-6-10(12)7-9/h9-12H,2-8H2,1H3. The Morgan fingerprint density at radius 3 is 2.60 bits per heavy atom. The van der Waals surface area contributed by atoms with E-state index >= 15 is 0 Å². The minimum Gasteiger partial charge on any atom is -0.393 e. The molecule has 0 saturated heterocycles. The average Bonchev–Trinajstić information content (AvgIpc) is 2.14. The van der Waals surface area contributed by atoms with Crippen LogP contribution in [0.15, 0.2) is 0 Å². The van der Waals surface area contributed by atoms with Gasteiger partial charge < -0.3 is 10.4 Å². The van der Waals surface area contributed by atoms with Gasteiger partial charge >= 0.3 is 0 Å². The highest BCUT2D eigenvalue weighted by Gasteiger charge is 2.26. The molecule has 1 aliphatic rings. The smallest absolute Gasteiger partial charge is 0.150 e. The van der Waals surface area contributed by atoms with Crippen molar-refractivity contribution < 1.29 is 13.5 Å². The summed E-state index contributed by atoms with van der Waals surface area (Å²) in [4.78, 5) is 0. The van der Waals surface area contributed by atoms with Crippen LogP contribution in [-0.4, -0.2) is 44.2 Å². The number of aliphatic hydroxyl groups is 1. The van der Waals surface area contributed by atoms with Gasteiger partial charge in [-0.25, -0.2) is 8.42 Å². The Hall–Kier alpha value is -0.130. The normalized spacial score (nSPS) is 26.3. The molecule has 5 heteroatoms. The topological polar surface area (TPSA) is 66.4 Å². The molecular weight excluding hydrogens is 214 g/mol. The van der Waals surface area contributed by atoms with Gasteiger partial charge in [-0.3, -0.25) is 0 Å². The van der Waals surface area contributed by atoms with Crippen LogP contribution in [-0.2, 0) is 9.84 Å². The highest BCUT2D eigenvalue weighted by atomic mass is 32.2. The van der Waals surface area contributed by atoms with Crippen LogP contribution in [0.2, 0.25) is 0 Å². The van der Waals surface area contributed by atoms with E-state index in [4.69, 9.17) is 5.11 Å². The Kier molecular flexibility index (Phi) is 5.02. The Labute approximate surface area is 92.0 Å². The van der Waals surface area contributed by atoms with Crippen molar-refractivity contribution in [1.82, 2.24) is 5.32 Å². The zero-order valence-electron chi connectivity index (χ0n) is 9.28. The molecule has 0 aromatic carbocycles. The maximum absolute atomic E-state index is 11.1. The quantitative estimate of drug-likeness (QED) is 0.617. The van der Waals surface area contributed by atoms with Crippen molar-refractivity contribution in [2.24, 2.45) is 5.92 Å². The van der Waals surface area contributed by atoms with Gasteiger partial charge in [0.25, 0.3) is 0 Å². The van der Waals surface area contributed by atoms with Crippen LogP contribution in [0.1, 0.15) is 26.2 Å². The third-order valence-corrected chi connectivity index (χ3v) is 4.68. The van der Waals surface area contributed by atoms with E-state index in [1.54, 1.807) is 6.92 Å². The molecule has 1 aliphatic carbocycles. The molecule has 1 saturated carbocycles. The minimum absolute atomic E-state index is 0.0998. The number of nitrogens with one attached hydrogen (secondary N) is 1. The first-order valence-corrected chi connectivity index (χ1v) is 7.45. The minimum atomic E-state index is -2.80. The Bertz CT molecular complexity index is 270. The summed E-state index contributed by atoms with van der Waals surface area (Å²) in [7, 11) is -2.80. The van der Waals surface area contributed by atoms with Gasteiger partial charge in [0.15, 0.2) is 0 Å². The SMILES string of the molecule is CCS(=O)(=O)CCCNCC1CC(O)C1. The van der Waals surface area contributed by atoms with Gasteiger partial charge in [-0.05, 0) is 38.3 Å². The number of hydrogen-bond donors (Lipinski definition) is 2. The summed E-state index contributed by atoms with van der Waals surface area (Å²) in [5, 5.41) is 12.3. The maximum Gasteiger partial charge on any atom is 0.150 e. The van der Waals surface area contributed by atoms with E-state index in [1.807, 2.05) is 0 Å².